The van der Waals surface area contributed by atoms with Gasteiger partial charge in [-0.3, -0.25) is 4.79 Å². The number of benzene rings is 1. The molecule has 0 aliphatic heterocycles. The summed E-state index contributed by atoms with van der Waals surface area (Å²) in [6.07, 6.45) is 0. The normalized spacial score (nSPS) is 11.6. The summed E-state index contributed by atoms with van der Waals surface area (Å²) in [6, 6.07) is 5.06. The summed E-state index contributed by atoms with van der Waals surface area (Å²) in [4.78, 5) is 11.4. The maximum atomic E-state index is 11.7. The van der Waals surface area contributed by atoms with Gasteiger partial charge in [0.1, 0.15) is 12.4 Å². The third-order valence-corrected chi connectivity index (χ3v) is 5.33. The molecule has 0 amide bonds. The van der Waals surface area contributed by atoms with Crippen LogP contribution >= 0.6 is 15.9 Å². The summed E-state index contributed by atoms with van der Waals surface area (Å²) in [5.41, 5.74) is 0.449. The minimum atomic E-state index is -3.13. The Bertz CT molecular complexity index is 564. The highest BCUT2D eigenvalue weighted by Gasteiger charge is 2.17. The highest BCUT2D eigenvalue weighted by molar-refractivity contribution is 9.10. The molecule has 0 atom stereocenters. The molecule has 0 saturated heterocycles. The number of carbonyl (C=O) groups is 1. The van der Waals surface area contributed by atoms with E-state index in [0.717, 1.165) is 4.47 Å². The van der Waals surface area contributed by atoms with Crippen LogP contribution in [-0.4, -0.2) is 31.8 Å². The quantitative estimate of drug-likeness (QED) is 0.741. The fraction of sp³-hybridized carbons (Fsp3) is 0.462. The van der Waals surface area contributed by atoms with Crippen LogP contribution in [0.5, 0.6) is 5.75 Å². The van der Waals surface area contributed by atoms with E-state index in [1.54, 1.807) is 32.0 Å². The SMILES string of the molecule is CC(=O)c1ccc(Br)cc1OCCS(=O)(=O)C(C)C. The average molecular weight is 349 g/mol. The fourth-order valence-corrected chi connectivity index (χ4v) is 2.54. The van der Waals surface area contributed by atoms with Gasteiger partial charge in [-0.25, -0.2) is 8.42 Å². The van der Waals surface area contributed by atoms with Gasteiger partial charge in [-0.1, -0.05) is 15.9 Å². The lowest BCUT2D eigenvalue weighted by Crippen LogP contribution is -2.22. The molecule has 0 heterocycles. The Morgan fingerprint density at radius 3 is 2.53 bits per heavy atom. The third-order valence-electron chi connectivity index (χ3n) is 2.67. The van der Waals surface area contributed by atoms with Crippen LogP contribution in [0.3, 0.4) is 0 Å². The summed E-state index contributed by atoms with van der Waals surface area (Å²) in [6.45, 7) is 4.75. The Morgan fingerprint density at radius 2 is 2.00 bits per heavy atom. The number of ketones is 1. The summed E-state index contributed by atoms with van der Waals surface area (Å²) in [5, 5.41) is -0.425. The Hall–Kier alpha value is -0.880. The molecule has 0 aromatic heterocycles. The van der Waals surface area contributed by atoms with E-state index < -0.39 is 15.1 Å². The molecule has 0 fully saturated rings. The largest absolute Gasteiger partial charge is 0.492 e. The van der Waals surface area contributed by atoms with Crippen molar-refractivity contribution in [3.8, 4) is 5.75 Å². The summed E-state index contributed by atoms with van der Waals surface area (Å²) in [7, 11) is -3.13. The van der Waals surface area contributed by atoms with Crippen molar-refractivity contribution in [2.45, 2.75) is 26.0 Å². The maximum absolute atomic E-state index is 11.7. The molecule has 106 valence electrons. The van der Waals surface area contributed by atoms with E-state index in [0.29, 0.717) is 11.3 Å². The Labute approximate surface area is 122 Å². The molecule has 1 rings (SSSR count). The number of hydrogen-bond acceptors (Lipinski definition) is 4. The Kier molecular flexibility index (Phi) is 5.55. The highest BCUT2D eigenvalue weighted by atomic mass is 79.9. The first-order valence-electron chi connectivity index (χ1n) is 5.89. The maximum Gasteiger partial charge on any atom is 0.163 e. The van der Waals surface area contributed by atoms with Crippen molar-refractivity contribution in [2.75, 3.05) is 12.4 Å². The van der Waals surface area contributed by atoms with Crippen molar-refractivity contribution in [3.05, 3.63) is 28.2 Å². The molecule has 0 bridgehead atoms. The van der Waals surface area contributed by atoms with Crippen molar-refractivity contribution >= 4 is 31.6 Å². The summed E-state index contributed by atoms with van der Waals surface area (Å²) >= 11 is 3.29. The number of rotatable bonds is 6. The molecule has 0 unspecified atom stereocenters. The first-order valence-corrected chi connectivity index (χ1v) is 8.39. The van der Waals surface area contributed by atoms with Crippen LogP contribution in [0, 0.1) is 0 Å². The highest BCUT2D eigenvalue weighted by Crippen LogP contribution is 2.24. The van der Waals surface area contributed by atoms with Crippen molar-refractivity contribution in [2.24, 2.45) is 0 Å². The van der Waals surface area contributed by atoms with E-state index in [4.69, 9.17) is 4.74 Å². The number of ether oxygens (including phenoxy) is 1. The lowest BCUT2D eigenvalue weighted by Gasteiger charge is -2.12. The second-order valence-corrected chi connectivity index (χ2v) is 8.05. The molecule has 0 aliphatic carbocycles. The van der Waals surface area contributed by atoms with E-state index >= 15 is 0 Å². The van der Waals surface area contributed by atoms with Gasteiger partial charge in [0.05, 0.1) is 16.6 Å². The first kappa shape index (κ1) is 16.2. The number of hydrogen-bond donors (Lipinski definition) is 0. The predicted molar refractivity (Wildman–Crippen MR) is 78.6 cm³/mol. The number of carbonyl (C=O) groups excluding carboxylic acids is 1. The first-order chi connectivity index (χ1) is 8.74. The smallest absolute Gasteiger partial charge is 0.163 e. The van der Waals surface area contributed by atoms with E-state index in [9.17, 15) is 13.2 Å². The molecule has 4 nitrogen and oxygen atoms in total. The van der Waals surface area contributed by atoms with Gasteiger partial charge in [0.15, 0.2) is 15.6 Å². The second kappa shape index (κ2) is 6.52. The fourth-order valence-electron chi connectivity index (χ4n) is 1.41. The average Bonchev–Trinajstić information content (AvgIpc) is 2.28. The van der Waals surface area contributed by atoms with Crippen LogP contribution in [-0.2, 0) is 9.84 Å². The van der Waals surface area contributed by atoms with Crippen LogP contribution in [0.25, 0.3) is 0 Å². The molecular formula is C13H17BrO4S. The molecule has 6 heteroatoms. The molecule has 0 spiro atoms. The zero-order valence-electron chi connectivity index (χ0n) is 11.1. The van der Waals surface area contributed by atoms with Gasteiger partial charge >= 0.3 is 0 Å². The summed E-state index contributed by atoms with van der Waals surface area (Å²) in [5.74, 6) is 0.226. The van der Waals surface area contributed by atoms with Crippen molar-refractivity contribution in [3.63, 3.8) is 0 Å². The van der Waals surface area contributed by atoms with Crippen LogP contribution < -0.4 is 4.74 Å². The molecule has 0 saturated carbocycles. The minimum absolute atomic E-state index is 0.0389. The van der Waals surface area contributed by atoms with Crippen LogP contribution in [0.1, 0.15) is 31.1 Å². The van der Waals surface area contributed by atoms with E-state index in [2.05, 4.69) is 15.9 Å². The van der Waals surface area contributed by atoms with Crippen LogP contribution in [0.15, 0.2) is 22.7 Å². The van der Waals surface area contributed by atoms with E-state index in [1.807, 2.05) is 0 Å². The molecule has 19 heavy (non-hydrogen) atoms. The molecule has 0 aliphatic rings. The van der Waals surface area contributed by atoms with Crippen molar-refractivity contribution in [1.29, 1.82) is 0 Å². The summed E-state index contributed by atoms with van der Waals surface area (Å²) < 4.78 is 29.5. The standard InChI is InChI=1S/C13H17BrO4S/c1-9(2)19(16,17)7-6-18-13-8-11(14)4-5-12(13)10(3)15/h4-5,8-9H,6-7H2,1-3H3. The zero-order valence-corrected chi connectivity index (χ0v) is 13.5. The van der Waals surface area contributed by atoms with Gasteiger partial charge in [-0.2, -0.15) is 0 Å². The van der Waals surface area contributed by atoms with Crippen LogP contribution in [0.4, 0.5) is 0 Å². The topological polar surface area (TPSA) is 60.4 Å². The van der Waals surface area contributed by atoms with Crippen molar-refractivity contribution in [1.82, 2.24) is 0 Å². The number of halogens is 1. The second-order valence-electron chi connectivity index (χ2n) is 4.46. The van der Waals surface area contributed by atoms with Gasteiger partial charge in [-0.05, 0) is 39.0 Å². The van der Waals surface area contributed by atoms with E-state index in [-0.39, 0.29) is 18.1 Å². The van der Waals surface area contributed by atoms with Gasteiger partial charge in [-0.15, -0.1) is 0 Å². The number of Topliss-reactive ketones (excluding diaryl/α,β-unsaturated/α-hetero) is 1. The van der Waals surface area contributed by atoms with Gasteiger partial charge in [0, 0.05) is 4.47 Å². The minimum Gasteiger partial charge on any atom is -0.492 e. The Balaban J connectivity index is 2.78. The van der Waals surface area contributed by atoms with Crippen LogP contribution in [0.2, 0.25) is 0 Å². The monoisotopic (exact) mass is 348 g/mol. The third kappa shape index (κ3) is 4.62. The molecule has 0 N–H and O–H groups in total. The van der Waals surface area contributed by atoms with Crippen molar-refractivity contribution < 1.29 is 17.9 Å². The molecule has 1 aromatic rings. The van der Waals surface area contributed by atoms with Gasteiger partial charge < -0.3 is 4.74 Å². The lowest BCUT2D eigenvalue weighted by molar-refractivity contribution is 0.101. The molecular weight excluding hydrogens is 332 g/mol. The lowest BCUT2D eigenvalue weighted by atomic mass is 10.1. The molecule has 0 radical (unpaired) electrons. The Morgan fingerprint density at radius 1 is 1.37 bits per heavy atom. The molecule has 1 aromatic carbocycles. The zero-order chi connectivity index (χ0) is 14.6. The predicted octanol–water partition coefficient (Wildman–Crippen LogP) is 2.85. The number of sulfone groups is 1. The van der Waals surface area contributed by atoms with Gasteiger partial charge in [0.2, 0.25) is 0 Å². The van der Waals surface area contributed by atoms with Gasteiger partial charge in [0.25, 0.3) is 0 Å². The van der Waals surface area contributed by atoms with E-state index in [1.165, 1.54) is 6.92 Å².